The normalized spacial score (nSPS) is 11.0. The number of aromatic hydroxyl groups is 1. The van der Waals surface area contributed by atoms with Gasteiger partial charge in [-0.2, -0.15) is 0 Å². The topological polar surface area (TPSA) is 33.4 Å². The van der Waals surface area contributed by atoms with Crippen molar-refractivity contribution in [1.82, 2.24) is 0 Å². The van der Waals surface area contributed by atoms with Gasteiger partial charge in [0.2, 0.25) is 0 Å². The molecule has 0 bridgehead atoms. The van der Waals surface area contributed by atoms with Gasteiger partial charge < -0.3 is 9.52 Å². The van der Waals surface area contributed by atoms with Crippen LogP contribution in [-0.2, 0) is 0 Å². The predicted molar refractivity (Wildman–Crippen MR) is 131 cm³/mol. The van der Waals surface area contributed by atoms with Crippen molar-refractivity contribution in [2.75, 3.05) is 0 Å². The summed E-state index contributed by atoms with van der Waals surface area (Å²) < 4.78 is 6.23. The van der Waals surface area contributed by atoms with Gasteiger partial charge in [-0.3, -0.25) is 0 Å². The Kier molecular flexibility index (Phi) is 4.20. The molecule has 5 aromatic carbocycles. The zero-order valence-electron chi connectivity index (χ0n) is 17.2. The first-order valence-corrected chi connectivity index (χ1v) is 10.5. The van der Waals surface area contributed by atoms with Crippen LogP contribution in [0, 0.1) is 11.8 Å². The Morgan fingerprint density at radius 2 is 1.28 bits per heavy atom. The van der Waals surface area contributed by atoms with Crippen LogP contribution in [0.5, 0.6) is 5.75 Å². The highest BCUT2D eigenvalue weighted by Gasteiger charge is 2.12. The SMILES string of the molecule is Oc1ccc2ccccc2c1C#Cc1ccccc1-c1cc2c(ccc3ccccc32)o1. The van der Waals surface area contributed by atoms with Crippen molar-refractivity contribution in [3.8, 4) is 28.9 Å². The van der Waals surface area contributed by atoms with E-state index in [1.165, 1.54) is 10.8 Å². The van der Waals surface area contributed by atoms with Crippen molar-refractivity contribution in [1.29, 1.82) is 0 Å². The van der Waals surface area contributed by atoms with Crippen LogP contribution in [0.25, 0.3) is 43.8 Å². The van der Waals surface area contributed by atoms with Gasteiger partial charge >= 0.3 is 0 Å². The highest BCUT2D eigenvalue weighted by Crippen LogP contribution is 2.34. The van der Waals surface area contributed by atoms with Crippen molar-refractivity contribution in [2.24, 2.45) is 0 Å². The number of phenols is 1. The van der Waals surface area contributed by atoms with Crippen LogP contribution in [0.2, 0.25) is 0 Å². The van der Waals surface area contributed by atoms with E-state index in [4.69, 9.17) is 4.42 Å². The van der Waals surface area contributed by atoms with Gasteiger partial charge in [-0.05, 0) is 46.5 Å². The Morgan fingerprint density at radius 1 is 0.594 bits per heavy atom. The Hall–Kier alpha value is -4.48. The third kappa shape index (κ3) is 3.00. The first-order valence-electron chi connectivity index (χ1n) is 10.5. The molecule has 2 nitrogen and oxygen atoms in total. The summed E-state index contributed by atoms with van der Waals surface area (Å²) in [6.45, 7) is 0. The fourth-order valence-electron chi connectivity index (χ4n) is 4.25. The Bertz CT molecular complexity index is 1690. The minimum absolute atomic E-state index is 0.184. The quantitative estimate of drug-likeness (QED) is 0.285. The maximum absolute atomic E-state index is 10.4. The fourth-order valence-corrected chi connectivity index (χ4v) is 4.25. The smallest absolute Gasteiger partial charge is 0.136 e. The summed E-state index contributed by atoms with van der Waals surface area (Å²) in [5.41, 5.74) is 3.27. The summed E-state index contributed by atoms with van der Waals surface area (Å²) in [4.78, 5) is 0. The average Bonchev–Trinajstić information content (AvgIpc) is 3.28. The molecule has 150 valence electrons. The molecule has 0 aliphatic carbocycles. The number of rotatable bonds is 1. The molecule has 0 spiro atoms. The summed E-state index contributed by atoms with van der Waals surface area (Å²) in [6.07, 6.45) is 0. The second-order valence-corrected chi connectivity index (χ2v) is 7.79. The monoisotopic (exact) mass is 410 g/mol. The van der Waals surface area contributed by atoms with Gasteiger partial charge in [0.05, 0.1) is 5.56 Å². The minimum atomic E-state index is 0.184. The van der Waals surface area contributed by atoms with Gasteiger partial charge in [0.15, 0.2) is 0 Å². The maximum atomic E-state index is 10.4. The molecule has 0 atom stereocenters. The van der Waals surface area contributed by atoms with E-state index in [-0.39, 0.29) is 5.75 Å². The number of benzene rings is 5. The van der Waals surface area contributed by atoms with E-state index >= 15 is 0 Å². The third-order valence-corrected chi connectivity index (χ3v) is 5.85. The van der Waals surface area contributed by atoms with Crippen LogP contribution in [-0.4, -0.2) is 5.11 Å². The van der Waals surface area contributed by atoms with Gasteiger partial charge in [0, 0.05) is 21.9 Å². The van der Waals surface area contributed by atoms with Crippen LogP contribution in [0.15, 0.2) is 108 Å². The van der Waals surface area contributed by atoms with Crippen molar-refractivity contribution in [3.05, 3.63) is 114 Å². The Morgan fingerprint density at radius 3 is 2.16 bits per heavy atom. The van der Waals surface area contributed by atoms with Gasteiger partial charge in [-0.15, -0.1) is 0 Å². The first kappa shape index (κ1) is 18.3. The Balaban J connectivity index is 1.51. The van der Waals surface area contributed by atoms with Crippen LogP contribution in [0.1, 0.15) is 11.1 Å². The van der Waals surface area contributed by atoms with E-state index < -0.39 is 0 Å². The van der Waals surface area contributed by atoms with Crippen molar-refractivity contribution >= 4 is 32.5 Å². The van der Waals surface area contributed by atoms with E-state index in [0.717, 1.165) is 38.6 Å². The molecule has 6 aromatic rings. The lowest BCUT2D eigenvalue weighted by Crippen LogP contribution is -1.84. The highest BCUT2D eigenvalue weighted by atomic mass is 16.3. The molecule has 2 heteroatoms. The molecule has 1 aromatic heterocycles. The molecule has 0 saturated carbocycles. The minimum Gasteiger partial charge on any atom is -0.507 e. The number of hydrogen-bond donors (Lipinski definition) is 1. The average molecular weight is 410 g/mol. The standard InChI is InChI=1S/C30H18O2/c31-28-17-14-20-7-1-4-10-23(20)26(28)16-13-22-9-3-6-12-25(22)30-19-27-24-11-5-2-8-21(24)15-18-29(27)32-30/h1-12,14-15,17-19,31H. The van der Waals surface area contributed by atoms with Crippen LogP contribution in [0.4, 0.5) is 0 Å². The fraction of sp³-hybridized carbons (Fsp3) is 0. The van der Waals surface area contributed by atoms with Crippen LogP contribution in [0.3, 0.4) is 0 Å². The lowest BCUT2D eigenvalue weighted by atomic mass is 10.0. The summed E-state index contributed by atoms with van der Waals surface area (Å²) >= 11 is 0. The molecule has 0 amide bonds. The Labute approximate surface area is 185 Å². The van der Waals surface area contributed by atoms with Crippen molar-refractivity contribution in [2.45, 2.75) is 0 Å². The molecule has 6 rings (SSSR count). The molecule has 0 aliphatic heterocycles. The molecular weight excluding hydrogens is 392 g/mol. The van der Waals surface area contributed by atoms with Crippen LogP contribution >= 0.6 is 0 Å². The molecule has 0 unspecified atom stereocenters. The zero-order valence-corrected chi connectivity index (χ0v) is 17.2. The predicted octanol–water partition coefficient (Wildman–Crippen LogP) is 7.51. The van der Waals surface area contributed by atoms with Gasteiger partial charge in [-0.1, -0.05) is 84.6 Å². The summed E-state index contributed by atoms with van der Waals surface area (Å²) in [6, 6.07) is 34.0. The number of hydrogen-bond acceptors (Lipinski definition) is 2. The molecule has 0 saturated heterocycles. The summed E-state index contributed by atoms with van der Waals surface area (Å²) in [7, 11) is 0. The van der Waals surface area contributed by atoms with E-state index in [9.17, 15) is 5.11 Å². The summed E-state index contributed by atoms with van der Waals surface area (Å²) in [5.74, 6) is 7.44. The van der Waals surface area contributed by atoms with Crippen LogP contribution < -0.4 is 0 Å². The van der Waals surface area contributed by atoms with Crippen molar-refractivity contribution in [3.63, 3.8) is 0 Å². The number of fused-ring (bicyclic) bond motifs is 4. The second kappa shape index (κ2) is 7.34. The molecule has 0 fully saturated rings. The highest BCUT2D eigenvalue weighted by molar-refractivity contribution is 6.07. The van der Waals surface area contributed by atoms with Crippen molar-refractivity contribution < 1.29 is 9.52 Å². The molecule has 1 N–H and O–H groups in total. The number of furan rings is 1. The largest absolute Gasteiger partial charge is 0.507 e. The maximum Gasteiger partial charge on any atom is 0.136 e. The lowest BCUT2D eigenvalue weighted by Gasteiger charge is -2.04. The lowest BCUT2D eigenvalue weighted by molar-refractivity contribution is 0.474. The number of phenolic OH excluding ortho intramolecular Hbond substituents is 1. The van der Waals surface area contributed by atoms with Gasteiger partial charge in [0.25, 0.3) is 0 Å². The zero-order chi connectivity index (χ0) is 21.5. The van der Waals surface area contributed by atoms with E-state index in [2.05, 4.69) is 36.1 Å². The van der Waals surface area contributed by atoms with Gasteiger partial charge in [-0.25, -0.2) is 0 Å². The molecule has 32 heavy (non-hydrogen) atoms. The molecule has 1 heterocycles. The van der Waals surface area contributed by atoms with Gasteiger partial charge in [0.1, 0.15) is 17.1 Å². The van der Waals surface area contributed by atoms with E-state index in [0.29, 0.717) is 5.56 Å². The summed E-state index contributed by atoms with van der Waals surface area (Å²) in [5, 5.41) is 15.9. The third-order valence-electron chi connectivity index (χ3n) is 5.85. The molecular formula is C30H18O2. The molecule has 0 radical (unpaired) electrons. The molecule has 0 aliphatic rings. The first-order chi connectivity index (χ1) is 15.8. The van der Waals surface area contributed by atoms with E-state index in [1.807, 2.05) is 72.8 Å². The second-order valence-electron chi connectivity index (χ2n) is 7.79. The van der Waals surface area contributed by atoms with E-state index in [1.54, 1.807) is 6.07 Å².